The molecule has 1 atom stereocenters. The van der Waals surface area contributed by atoms with Crippen molar-refractivity contribution in [1.82, 2.24) is 0 Å². The molecule has 0 aliphatic carbocycles. The number of hydrogen-bond donors (Lipinski definition) is 1. The van der Waals surface area contributed by atoms with Gasteiger partial charge in [-0.3, -0.25) is 0 Å². The number of phenols is 1. The first-order valence-corrected chi connectivity index (χ1v) is 8.54. The molecule has 3 heteroatoms. The van der Waals surface area contributed by atoms with Crippen LogP contribution in [0.4, 0.5) is 5.69 Å². The predicted octanol–water partition coefficient (Wildman–Crippen LogP) is 4.55. The van der Waals surface area contributed by atoms with Crippen molar-refractivity contribution in [3.63, 3.8) is 0 Å². The monoisotopic (exact) mass is 331 g/mol. The first-order chi connectivity index (χ1) is 12.3. The predicted molar refractivity (Wildman–Crippen MR) is 100 cm³/mol. The molecule has 4 rings (SSSR count). The van der Waals surface area contributed by atoms with Crippen LogP contribution in [0.15, 0.2) is 72.8 Å². The van der Waals surface area contributed by atoms with Crippen LogP contribution in [0, 0.1) is 0 Å². The summed E-state index contributed by atoms with van der Waals surface area (Å²) in [5, 5.41) is 9.67. The summed E-state index contributed by atoms with van der Waals surface area (Å²) in [4.78, 5) is 2.43. The van der Waals surface area contributed by atoms with Crippen molar-refractivity contribution in [1.29, 1.82) is 0 Å². The second-order valence-corrected chi connectivity index (χ2v) is 6.34. The lowest BCUT2D eigenvalue weighted by atomic mass is 9.87. The van der Waals surface area contributed by atoms with E-state index in [4.69, 9.17) is 4.74 Å². The topological polar surface area (TPSA) is 32.7 Å². The summed E-state index contributed by atoms with van der Waals surface area (Å²) in [5.41, 5.74) is 5.00. The van der Waals surface area contributed by atoms with Gasteiger partial charge in [-0.25, -0.2) is 0 Å². The Morgan fingerprint density at radius 1 is 0.960 bits per heavy atom. The smallest absolute Gasteiger partial charge is 0.119 e. The molecule has 1 unspecified atom stereocenters. The Bertz CT molecular complexity index is 859. The number of para-hydroxylation sites is 1. The number of rotatable bonds is 3. The highest BCUT2D eigenvalue weighted by atomic mass is 16.5. The minimum absolute atomic E-state index is 0.123. The summed E-state index contributed by atoms with van der Waals surface area (Å²) in [6.45, 7) is 0.940. The van der Waals surface area contributed by atoms with E-state index in [9.17, 15) is 5.11 Å². The molecule has 0 fully saturated rings. The Labute approximate surface area is 148 Å². The molecular weight excluding hydrogens is 310 g/mol. The minimum Gasteiger partial charge on any atom is -0.508 e. The highest BCUT2D eigenvalue weighted by molar-refractivity contribution is 5.57. The zero-order chi connectivity index (χ0) is 17.2. The Kier molecular flexibility index (Phi) is 4.06. The van der Waals surface area contributed by atoms with Crippen molar-refractivity contribution in [3.05, 3.63) is 89.5 Å². The molecule has 3 nitrogen and oxygen atoms in total. The van der Waals surface area contributed by atoms with Gasteiger partial charge in [0.1, 0.15) is 11.5 Å². The maximum absolute atomic E-state index is 9.67. The van der Waals surface area contributed by atoms with Crippen LogP contribution in [0.3, 0.4) is 0 Å². The molecule has 0 aromatic heterocycles. The number of benzene rings is 3. The zero-order valence-electron chi connectivity index (χ0n) is 14.2. The van der Waals surface area contributed by atoms with E-state index >= 15 is 0 Å². The van der Waals surface area contributed by atoms with E-state index in [0.29, 0.717) is 5.75 Å². The molecule has 0 bridgehead atoms. The summed E-state index contributed by atoms with van der Waals surface area (Å²) in [5.74, 6) is 1.19. The van der Waals surface area contributed by atoms with Gasteiger partial charge < -0.3 is 14.7 Å². The highest BCUT2D eigenvalue weighted by Crippen LogP contribution is 2.39. The average molecular weight is 331 g/mol. The molecule has 0 radical (unpaired) electrons. The van der Waals surface area contributed by atoms with E-state index in [0.717, 1.165) is 18.7 Å². The molecule has 1 aliphatic heterocycles. The second kappa shape index (κ2) is 6.52. The number of phenolic OH excluding ortho intramolecular Hbond substituents is 1. The molecule has 25 heavy (non-hydrogen) atoms. The third-order valence-electron chi connectivity index (χ3n) is 4.88. The third-order valence-corrected chi connectivity index (χ3v) is 4.88. The third kappa shape index (κ3) is 2.93. The lowest BCUT2D eigenvalue weighted by Gasteiger charge is -2.39. The van der Waals surface area contributed by atoms with E-state index in [2.05, 4.69) is 41.3 Å². The molecule has 3 aromatic carbocycles. The van der Waals surface area contributed by atoms with Crippen molar-refractivity contribution >= 4 is 5.69 Å². The van der Waals surface area contributed by atoms with Gasteiger partial charge in [-0.15, -0.1) is 0 Å². The van der Waals surface area contributed by atoms with Crippen LogP contribution in [-0.2, 0) is 6.42 Å². The number of hydrogen-bond acceptors (Lipinski definition) is 3. The van der Waals surface area contributed by atoms with Gasteiger partial charge in [0.15, 0.2) is 0 Å². The minimum atomic E-state index is 0.123. The maximum Gasteiger partial charge on any atom is 0.119 e. The number of aromatic hydroxyl groups is 1. The lowest BCUT2D eigenvalue weighted by molar-refractivity contribution is 0.413. The molecule has 0 spiro atoms. The summed E-state index contributed by atoms with van der Waals surface area (Å²) in [6, 6.07) is 24.5. The number of fused-ring (bicyclic) bond motifs is 1. The van der Waals surface area contributed by atoms with E-state index in [-0.39, 0.29) is 6.04 Å². The number of nitrogens with zero attached hydrogens (tertiary/aromatic N) is 1. The number of methoxy groups -OCH3 is 1. The lowest BCUT2D eigenvalue weighted by Crippen LogP contribution is -2.36. The Morgan fingerprint density at radius 3 is 2.44 bits per heavy atom. The molecular formula is C22H21NO2. The molecule has 3 aromatic rings. The molecule has 0 amide bonds. The van der Waals surface area contributed by atoms with Gasteiger partial charge in [0, 0.05) is 12.2 Å². The second-order valence-electron chi connectivity index (χ2n) is 6.34. The van der Waals surface area contributed by atoms with Gasteiger partial charge in [0.25, 0.3) is 0 Å². The SMILES string of the molecule is COc1ccc2c(c1)CCN(c1ccccc1)C2c1ccc(O)cc1. The standard InChI is InChI=1S/C22H21NO2/c1-25-20-11-12-21-17(15-20)13-14-23(18-5-3-2-4-6-18)22(21)16-7-9-19(24)10-8-16/h2-12,15,22,24H,13-14H2,1H3. The Balaban J connectivity index is 1.84. The maximum atomic E-state index is 9.67. The highest BCUT2D eigenvalue weighted by Gasteiger charge is 2.29. The Morgan fingerprint density at radius 2 is 1.72 bits per heavy atom. The molecule has 1 N–H and O–H groups in total. The fourth-order valence-electron chi connectivity index (χ4n) is 3.64. The fraction of sp³-hybridized carbons (Fsp3) is 0.182. The quantitative estimate of drug-likeness (QED) is 0.764. The molecule has 126 valence electrons. The zero-order valence-corrected chi connectivity index (χ0v) is 14.2. The van der Waals surface area contributed by atoms with Gasteiger partial charge in [0.2, 0.25) is 0 Å². The summed E-state index contributed by atoms with van der Waals surface area (Å²) in [7, 11) is 1.71. The van der Waals surface area contributed by atoms with E-state index in [1.54, 1.807) is 19.2 Å². The van der Waals surface area contributed by atoms with Gasteiger partial charge in [0.05, 0.1) is 13.2 Å². The fourth-order valence-corrected chi connectivity index (χ4v) is 3.64. The van der Waals surface area contributed by atoms with Gasteiger partial charge in [-0.1, -0.05) is 36.4 Å². The van der Waals surface area contributed by atoms with Crippen molar-refractivity contribution in [2.45, 2.75) is 12.5 Å². The van der Waals surface area contributed by atoms with Crippen LogP contribution >= 0.6 is 0 Å². The van der Waals surface area contributed by atoms with Crippen molar-refractivity contribution in [2.24, 2.45) is 0 Å². The van der Waals surface area contributed by atoms with E-state index in [1.165, 1.54) is 22.4 Å². The molecule has 0 saturated heterocycles. The number of anilines is 1. The van der Waals surface area contributed by atoms with Crippen LogP contribution in [-0.4, -0.2) is 18.8 Å². The van der Waals surface area contributed by atoms with Gasteiger partial charge in [-0.2, -0.15) is 0 Å². The van der Waals surface area contributed by atoms with Crippen LogP contribution in [0.5, 0.6) is 11.5 Å². The molecule has 1 aliphatic rings. The summed E-state index contributed by atoms with van der Waals surface area (Å²) in [6.07, 6.45) is 0.982. The van der Waals surface area contributed by atoms with Gasteiger partial charge in [-0.05, 0) is 59.5 Å². The largest absolute Gasteiger partial charge is 0.508 e. The van der Waals surface area contributed by atoms with Crippen LogP contribution in [0.2, 0.25) is 0 Å². The average Bonchev–Trinajstić information content (AvgIpc) is 2.68. The first kappa shape index (κ1) is 15.6. The first-order valence-electron chi connectivity index (χ1n) is 8.54. The summed E-state index contributed by atoms with van der Waals surface area (Å²) < 4.78 is 5.40. The van der Waals surface area contributed by atoms with Crippen LogP contribution < -0.4 is 9.64 Å². The normalized spacial score (nSPS) is 16.4. The van der Waals surface area contributed by atoms with Crippen molar-refractivity contribution in [3.8, 4) is 11.5 Å². The van der Waals surface area contributed by atoms with E-state index < -0.39 is 0 Å². The summed E-state index contributed by atoms with van der Waals surface area (Å²) >= 11 is 0. The number of ether oxygens (including phenoxy) is 1. The molecule has 0 saturated carbocycles. The van der Waals surface area contributed by atoms with E-state index in [1.807, 2.05) is 24.3 Å². The van der Waals surface area contributed by atoms with Crippen LogP contribution in [0.1, 0.15) is 22.7 Å². The molecule has 1 heterocycles. The Hall–Kier alpha value is -2.94. The van der Waals surface area contributed by atoms with Crippen molar-refractivity contribution < 1.29 is 9.84 Å². The van der Waals surface area contributed by atoms with Crippen LogP contribution in [0.25, 0.3) is 0 Å². The van der Waals surface area contributed by atoms with Gasteiger partial charge >= 0.3 is 0 Å². The van der Waals surface area contributed by atoms with Crippen molar-refractivity contribution in [2.75, 3.05) is 18.6 Å².